The van der Waals surface area contributed by atoms with Crippen LogP contribution in [0.2, 0.25) is 0 Å². The lowest BCUT2D eigenvalue weighted by atomic mass is 10.3. The van der Waals surface area contributed by atoms with Crippen molar-refractivity contribution in [2.45, 2.75) is 27.7 Å². The SMILES string of the molecule is Cc1cc(C)nc(Nc2cnc(C)nc2C)n1. The normalized spacial score (nSPS) is 10.4. The molecule has 88 valence electrons. The zero-order valence-electron chi connectivity index (χ0n) is 10.4. The number of hydrogen-bond donors (Lipinski definition) is 1. The van der Waals surface area contributed by atoms with Gasteiger partial charge in [0, 0.05) is 11.4 Å². The second kappa shape index (κ2) is 4.45. The molecular weight excluding hydrogens is 214 g/mol. The van der Waals surface area contributed by atoms with Crippen LogP contribution in [0.5, 0.6) is 0 Å². The summed E-state index contributed by atoms with van der Waals surface area (Å²) in [6.45, 7) is 7.68. The Hall–Kier alpha value is -2.04. The minimum Gasteiger partial charge on any atom is -0.321 e. The molecule has 0 aliphatic rings. The summed E-state index contributed by atoms with van der Waals surface area (Å²) in [5.74, 6) is 1.34. The lowest BCUT2D eigenvalue weighted by Gasteiger charge is -2.08. The van der Waals surface area contributed by atoms with Crippen molar-refractivity contribution in [2.24, 2.45) is 0 Å². The Morgan fingerprint density at radius 2 is 1.59 bits per heavy atom. The molecule has 0 bridgehead atoms. The van der Waals surface area contributed by atoms with Crippen LogP contribution in [0.15, 0.2) is 12.3 Å². The fourth-order valence-corrected chi connectivity index (χ4v) is 1.61. The number of hydrogen-bond acceptors (Lipinski definition) is 5. The summed E-state index contributed by atoms with van der Waals surface area (Å²) >= 11 is 0. The molecule has 5 nitrogen and oxygen atoms in total. The van der Waals surface area contributed by atoms with Crippen LogP contribution >= 0.6 is 0 Å². The van der Waals surface area contributed by atoms with Crippen molar-refractivity contribution in [1.82, 2.24) is 19.9 Å². The highest BCUT2D eigenvalue weighted by Gasteiger charge is 2.04. The Bertz CT molecular complexity index is 530. The highest BCUT2D eigenvalue weighted by atomic mass is 15.1. The average molecular weight is 229 g/mol. The molecule has 1 N–H and O–H groups in total. The second-order valence-corrected chi connectivity index (χ2v) is 4.02. The zero-order valence-corrected chi connectivity index (χ0v) is 10.4. The van der Waals surface area contributed by atoms with Crippen molar-refractivity contribution in [1.29, 1.82) is 0 Å². The van der Waals surface area contributed by atoms with Crippen LogP contribution in [0.25, 0.3) is 0 Å². The van der Waals surface area contributed by atoms with E-state index in [1.165, 1.54) is 0 Å². The van der Waals surface area contributed by atoms with E-state index in [4.69, 9.17) is 0 Å². The van der Waals surface area contributed by atoms with Crippen molar-refractivity contribution < 1.29 is 0 Å². The van der Waals surface area contributed by atoms with Gasteiger partial charge in [-0.3, -0.25) is 0 Å². The van der Waals surface area contributed by atoms with Crippen LogP contribution in [0.4, 0.5) is 11.6 Å². The van der Waals surface area contributed by atoms with Gasteiger partial charge in [0.15, 0.2) is 0 Å². The maximum absolute atomic E-state index is 4.32. The molecule has 0 saturated carbocycles. The number of anilines is 2. The summed E-state index contributed by atoms with van der Waals surface area (Å²) in [6.07, 6.45) is 1.75. The van der Waals surface area contributed by atoms with Gasteiger partial charge in [0.2, 0.25) is 5.95 Å². The molecule has 0 amide bonds. The summed E-state index contributed by atoms with van der Waals surface area (Å²) in [5, 5.41) is 3.13. The van der Waals surface area contributed by atoms with Crippen molar-refractivity contribution in [3.05, 3.63) is 35.2 Å². The molecule has 0 aliphatic heterocycles. The third-order valence-electron chi connectivity index (χ3n) is 2.33. The molecule has 0 fully saturated rings. The number of aryl methyl sites for hydroxylation is 4. The van der Waals surface area contributed by atoms with Crippen molar-refractivity contribution in [2.75, 3.05) is 5.32 Å². The number of nitrogens with zero attached hydrogens (tertiary/aromatic N) is 4. The first kappa shape index (κ1) is 11.4. The summed E-state index contributed by atoms with van der Waals surface area (Å²) in [7, 11) is 0. The van der Waals surface area contributed by atoms with Gasteiger partial charge in [-0.05, 0) is 33.8 Å². The molecule has 17 heavy (non-hydrogen) atoms. The number of rotatable bonds is 2. The standard InChI is InChI=1S/C12H15N5/c1-7-5-8(2)15-12(14-7)17-11-6-13-10(4)16-9(11)3/h5-6H,1-4H3,(H,14,15,17). The lowest BCUT2D eigenvalue weighted by molar-refractivity contribution is 1.00. The largest absolute Gasteiger partial charge is 0.321 e. The monoisotopic (exact) mass is 229 g/mol. The fourth-order valence-electron chi connectivity index (χ4n) is 1.61. The molecular formula is C12H15N5. The summed E-state index contributed by atoms with van der Waals surface area (Å²) in [5.41, 5.74) is 3.59. The van der Waals surface area contributed by atoms with Gasteiger partial charge in [0.05, 0.1) is 17.6 Å². The number of aromatic nitrogens is 4. The van der Waals surface area contributed by atoms with Gasteiger partial charge in [-0.2, -0.15) is 0 Å². The highest BCUT2D eigenvalue weighted by Crippen LogP contribution is 2.15. The summed E-state index contributed by atoms with van der Waals surface area (Å²) < 4.78 is 0. The molecule has 2 aromatic rings. The van der Waals surface area contributed by atoms with Gasteiger partial charge in [0.25, 0.3) is 0 Å². The molecule has 2 aromatic heterocycles. The molecule has 0 spiro atoms. The third-order valence-corrected chi connectivity index (χ3v) is 2.33. The molecule has 5 heteroatoms. The van der Waals surface area contributed by atoms with Gasteiger partial charge in [0.1, 0.15) is 5.82 Å². The third kappa shape index (κ3) is 2.75. The van der Waals surface area contributed by atoms with Crippen LogP contribution in [0.3, 0.4) is 0 Å². The van der Waals surface area contributed by atoms with E-state index in [1.54, 1.807) is 6.20 Å². The molecule has 0 saturated heterocycles. The Balaban J connectivity index is 2.31. The van der Waals surface area contributed by atoms with E-state index in [0.717, 1.165) is 28.6 Å². The predicted molar refractivity (Wildman–Crippen MR) is 66.3 cm³/mol. The Labute approximate surface area is 100 Å². The van der Waals surface area contributed by atoms with Crippen molar-refractivity contribution >= 4 is 11.6 Å². The van der Waals surface area contributed by atoms with E-state index >= 15 is 0 Å². The second-order valence-electron chi connectivity index (χ2n) is 4.02. The lowest BCUT2D eigenvalue weighted by Crippen LogP contribution is -2.03. The minimum absolute atomic E-state index is 0.582. The Kier molecular flexibility index (Phi) is 2.99. The average Bonchev–Trinajstić information content (AvgIpc) is 2.21. The highest BCUT2D eigenvalue weighted by molar-refractivity contribution is 5.54. The van der Waals surface area contributed by atoms with Gasteiger partial charge in [-0.25, -0.2) is 19.9 Å². The molecule has 0 unspecified atom stereocenters. The first-order valence-electron chi connectivity index (χ1n) is 5.44. The van der Waals surface area contributed by atoms with E-state index in [2.05, 4.69) is 25.3 Å². The van der Waals surface area contributed by atoms with E-state index in [0.29, 0.717) is 5.95 Å². The van der Waals surface area contributed by atoms with Crippen LogP contribution < -0.4 is 5.32 Å². The van der Waals surface area contributed by atoms with E-state index in [-0.39, 0.29) is 0 Å². The topological polar surface area (TPSA) is 63.6 Å². The first-order valence-corrected chi connectivity index (χ1v) is 5.44. The van der Waals surface area contributed by atoms with Crippen LogP contribution in [-0.4, -0.2) is 19.9 Å². The first-order chi connectivity index (χ1) is 8.04. The maximum Gasteiger partial charge on any atom is 0.227 e. The molecule has 0 aliphatic carbocycles. The molecule has 0 atom stereocenters. The molecule has 2 rings (SSSR count). The minimum atomic E-state index is 0.582. The predicted octanol–water partition coefficient (Wildman–Crippen LogP) is 2.24. The Morgan fingerprint density at radius 1 is 0.941 bits per heavy atom. The van der Waals surface area contributed by atoms with Gasteiger partial charge < -0.3 is 5.32 Å². The smallest absolute Gasteiger partial charge is 0.227 e. The summed E-state index contributed by atoms with van der Waals surface area (Å²) in [4.78, 5) is 17.1. The van der Waals surface area contributed by atoms with Crippen LogP contribution in [0.1, 0.15) is 22.9 Å². The van der Waals surface area contributed by atoms with Crippen molar-refractivity contribution in [3.63, 3.8) is 0 Å². The number of nitrogens with one attached hydrogen (secondary N) is 1. The van der Waals surface area contributed by atoms with Crippen LogP contribution in [-0.2, 0) is 0 Å². The van der Waals surface area contributed by atoms with E-state index in [9.17, 15) is 0 Å². The molecule has 2 heterocycles. The van der Waals surface area contributed by atoms with E-state index in [1.807, 2.05) is 33.8 Å². The van der Waals surface area contributed by atoms with Gasteiger partial charge >= 0.3 is 0 Å². The van der Waals surface area contributed by atoms with E-state index < -0.39 is 0 Å². The maximum atomic E-state index is 4.32. The van der Waals surface area contributed by atoms with Gasteiger partial charge in [-0.1, -0.05) is 0 Å². The Morgan fingerprint density at radius 3 is 2.18 bits per heavy atom. The molecule has 0 radical (unpaired) electrons. The van der Waals surface area contributed by atoms with Crippen LogP contribution in [0, 0.1) is 27.7 Å². The quantitative estimate of drug-likeness (QED) is 0.855. The zero-order chi connectivity index (χ0) is 12.4. The van der Waals surface area contributed by atoms with Gasteiger partial charge in [-0.15, -0.1) is 0 Å². The van der Waals surface area contributed by atoms with Crippen molar-refractivity contribution in [3.8, 4) is 0 Å². The fraction of sp³-hybridized carbons (Fsp3) is 0.333. The summed E-state index contributed by atoms with van der Waals surface area (Å²) in [6, 6.07) is 1.93. The molecule has 0 aromatic carbocycles.